The molecule has 3 nitrogen and oxygen atoms in total. The Labute approximate surface area is 96.1 Å². The van der Waals surface area contributed by atoms with Gasteiger partial charge in [-0.3, -0.25) is 4.98 Å². The van der Waals surface area contributed by atoms with E-state index in [-0.39, 0.29) is 0 Å². The van der Waals surface area contributed by atoms with E-state index in [9.17, 15) is 0 Å². The summed E-state index contributed by atoms with van der Waals surface area (Å²) < 4.78 is 0. The van der Waals surface area contributed by atoms with Crippen molar-refractivity contribution in [3.8, 4) is 0 Å². The van der Waals surface area contributed by atoms with E-state index in [4.69, 9.17) is 0 Å². The third-order valence-electron chi connectivity index (χ3n) is 2.18. The van der Waals surface area contributed by atoms with Crippen molar-refractivity contribution in [3.63, 3.8) is 0 Å². The van der Waals surface area contributed by atoms with Gasteiger partial charge in [0.1, 0.15) is 10.8 Å². The molecular formula is C11H19N3S. The SMILES string of the molecule is CCNc1cncc(SCC(C)CC)n1. The van der Waals surface area contributed by atoms with E-state index in [1.807, 2.05) is 6.20 Å². The summed E-state index contributed by atoms with van der Waals surface area (Å²) >= 11 is 1.78. The van der Waals surface area contributed by atoms with Crippen molar-refractivity contribution >= 4 is 17.6 Å². The molecule has 1 rings (SSSR count). The zero-order chi connectivity index (χ0) is 11.1. The Hall–Kier alpha value is -0.770. The lowest BCUT2D eigenvalue weighted by Crippen LogP contribution is -2.01. The molecule has 0 fully saturated rings. The van der Waals surface area contributed by atoms with Gasteiger partial charge >= 0.3 is 0 Å². The van der Waals surface area contributed by atoms with Crippen LogP contribution in [0.4, 0.5) is 5.82 Å². The van der Waals surface area contributed by atoms with Crippen LogP contribution in [0.3, 0.4) is 0 Å². The highest BCUT2D eigenvalue weighted by Crippen LogP contribution is 2.20. The molecule has 0 radical (unpaired) electrons. The molecule has 0 amide bonds. The summed E-state index contributed by atoms with van der Waals surface area (Å²) in [5.74, 6) is 2.71. The fourth-order valence-corrected chi connectivity index (χ4v) is 2.02. The first-order valence-corrected chi connectivity index (χ1v) is 6.43. The molecule has 1 heterocycles. The molecule has 0 bridgehead atoms. The molecule has 1 unspecified atom stereocenters. The predicted octanol–water partition coefficient (Wildman–Crippen LogP) is 3.05. The number of hydrogen-bond acceptors (Lipinski definition) is 4. The maximum atomic E-state index is 4.46. The maximum absolute atomic E-state index is 4.46. The van der Waals surface area contributed by atoms with Crippen molar-refractivity contribution in [2.45, 2.75) is 32.2 Å². The Bertz CT molecular complexity index is 291. The molecule has 0 saturated heterocycles. The van der Waals surface area contributed by atoms with Gasteiger partial charge in [-0.2, -0.15) is 0 Å². The zero-order valence-corrected chi connectivity index (χ0v) is 10.5. The van der Waals surface area contributed by atoms with Crippen molar-refractivity contribution in [1.29, 1.82) is 0 Å². The number of rotatable bonds is 6. The lowest BCUT2D eigenvalue weighted by molar-refractivity contribution is 0.636. The summed E-state index contributed by atoms with van der Waals surface area (Å²) in [6, 6.07) is 0. The minimum atomic E-state index is 0.736. The first-order chi connectivity index (χ1) is 7.26. The summed E-state index contributed by atoms with van der Waals surface area (Å²) in [7, 11) is 0. The van der Waals surface area contributed by atoms with Crippen LogP contribution in [0.25, 0.3) is 0 Å². The number of anilines is 1. The first kappa shape index (κ1) is 12.3. The Kier molecular flexibility index (Phi) is 5.47. The van der Waals surface area contributed by atoms with Crippen LogP contribution in [-0.4, -0.2) is 22.3 Å². The highest BCUT2D eigenvalue weighted by Gasteiger charge is 2.02. The van der Waals surface area contributed by atoms with E-state index in [0.29, 0.717) is 0 Å². The zero-order valence-electron chi connectivity index (χ0n) is 9.66. The quantitative estimate of drug-likeness (QED) is 0.755. The van der Waals surface area contributed by atoms with Crippen molar-refractivity contribution in [3.05, 3.63) is 12.4 Å². The lowest BCUT2D eigenvalue weighted by atomic mass is 10.2. The molecule has 0 spiro atoms. The highest BCUT2D eigenvalue weighted by molar-refractivity contribution is 7.99. The molecule has 1 aromatic rings. The molecular weight excluding hydrogens is 206 g/mol. The van der Waals surface area contributed by atoms with Crippen molar-refractivity contribution < 1.29 is 0 Å². The fourth-order valence-electron chi connectivity index (χ4n) is 1.03. The molecule has 1 N–H and O–H groups in total. The third-order valence-corrected chi connectivity index (χ3v) is 3.41. The Morgan fingerprint density at radius 2 is 2.20 bits per heavy atom. The minimum Gasteiger partial charge on any atom is -0.369 e. The van der Waals surface area contributed by atoms with E-state index < -0.39 is 0 Å². The molecule has 0 aromatic carbocycles. The van der Waals surface area contributed by atoms with Gasteiger partial charge in [0.05, 0.1) is 12.4 Å². The van der Waals surface area contributed by atoms with Gasteiger partial charge in [-0.05, 0) is 12.8 Å². The van der Waals surface area contributed by atoms with Crippen LogP contribution < -0.4 is 5.32 Å². The number of aromatic nitrogens is 2. The van der Waals surface area contributed by atoms with E-state index in [0.717, 1.165) is 29.1 Å². The standard InChI is InChI=1S/C11H19N3S/c1-4-9(3)8-15-11-7-12-6-10(14-11)13-5-2/h6-7,9H,4-5,8H2,1-3H3,(H,13,14). The Morgan fingerprint density at radius 3 is 2.87 bits per heavy atom. The van der Waals surface area contributed by atoms with E-state index in [1.165, 1.54) is 6.42 Å². The van der Waals surface area contributed by atoms with Crippen LogP contribution in [0, 0.1) is 5.92 Å². The molecule has 1 atom stereocenters. The number of nitrogens with zero attached hydrogens (tertiary/aromatic N) is 2. The Balaban J connectivity index is 2.50. The Morgan fingerprint density at radius 1 is 1.40 bits per heavy atom. The second-order valence-electron chi connectivity index (χ2n) is 3.60. The molecule has 0 aliphatic heterocycles. The summed E-state index contributed by atoms with van der Waals surface area (Å²) in [5, 5.41) is 4.17. The van der Waals surface area contributed by atoms with Gasteiger partial charge in [0, 0.05) is 12.3 Å². The van der Waals surface area contributed by atoms with Crippen molar-refractivity contribution in [2.75, 3.05) is 17.6 Å². The summed E-state index contributed by atoms with van der Waals surface area (Å²) in [4.78, 5) is 8.62. The van der Waals surface area contributed by atoms with E-state index in [1.54, 1.807) is 18.0 Å². The largest absolute Gasteiger partial charge is 0.369 e. The van der Waals surface area contributed by atoms with Gasteiger partial charge < -0.3 is 5.32 Å². The van der Waals surface area contributed by atoms with E-state index in [2.05, 4.69) is 36.1 Å². The predicted molar refractivity (Wildman–Crippen MR) is 66.4 cm³/mol. The number of thioether (sulfide) groups is 1. The maximum Gasteiger partial charge on any atom is 0.145 e. The number of hydrogen-bond donors (Lipinski definition) is 1. The smallest absolute Gasteiger partial charge is 0.145 e. The molecule has 0 saturated carbocycles. The normalized spacial score (nSPS) is 12.5. The molecule has 1 aromatic heterocycles. The van der Waals surface area contributed by atoms with E-state index >= 15 is 0 Å². The van der Waals surface area contributed by atoms with Gasteiger partial charge in [-0.15, -0.1) is 11.8 Å². The molecule has 84 valence electrons. The van der Waals surface area contributed by atoms with Crippen LogP contribution in [0.2, 0.25) is 0 Å². The lowest BCUT2D eigenvalue weighted by Gasteiger charge is -2.07. The minimum absolute atomic E-state index is 0.736. The number of nitrogens with one attached hydrogen (secondary N) is 1. The fraction of sp³-hybridized carbons (Fsp3) is 0.636. The van der Waals surface area contributed by atoms with Crippen LogP contribution in [0.1, 0.15) is 27.2 Å². The summed E-state index contributed by atoms with van der Waals surface area (Å²) in [6.07, 6.45) is 4.80. The van der Waals surface area contributed by atoms with Crippen molar-refractivity contribution in [1.82, 2.24) is 9.97 Å². The molecule has 4 heteroatoms. The summed E-state index contributed by atoms with van der Waals surface area (Å²) in [6.45, 7) is 7.41. The topological polar surface area (TPSA) is 37.8 Å². The average Bonchev–Trinajstić information content (AvgIpc) is 2.27. The summed E-state index contributed by atoms with van der Waals surface area (Å²) in [5.41, 5.74) is 0. The highest BCUT2D eigenvalue weighted by atomic mass is 32.2. The van der Waals surface area contributed by atoms with Gasteiger partial charge in [-0.25, -0.2) is 4.98 Å². The van der Waals surface area contributed by atoms with Crippen LogP contribution in [0.15, 0.2) is 17.4 Å². The average molecular weight is 225 g/mol. The van der Waals surface area contributed by atoms with Gasteiger partial charge in [0.25, 0.3) is 0 Å². The van der Waals surface area contributed by atoms with Crippen LogP contribution in [0.5, 0.6) is 0 Å². The van der Waals surface area contributed by atoms with Crippen LogP contribution >= 0.6 is 11.8 Å². The first-order valence-electron chi connectivity index (χ1n) is 5.45. The second-order valence-corrected chi connectivity index (χ2v) is 4.64. The van der Waals surface area contributed by atoms with Gasteiger partial charge in [0.15, 0.2) is 0 Å². The molecule has 15 heavy (non-hydrogen) atoms. The molecule has 0 aliphatic carbocycles. The third kappa shape index (κ3) is 4.51. The van der Waals surface area contributed by atoms with Crippen molar-refractivity contribution in [2.24, 2.45) is 5.92 Å². The van der Waals surface area contributed by atoms with Crippen LogP contribution in [-0.2, 0) is 0 Å². The monoisotopic (exact) mass is 225 g/mol. The molecule has 0 aliphatic rings. The van der Waals surface area contributed by atoms with Gasteiger partial charge in [0.2, 0.25) is 0 Å². The second kappa shape index (κ2) is 6.67. The van der Waals surface area contributed by atoms with Gasteiger partial charge in [-0.1, -0.05) is 20.3 Å².